The largest absolute Gasteiger partial charge is 0.494 e. The first kappa shape index (κ1) is 24.6. The van der Waals surface area contributed by atoms with E-state index in [0.29, 0.717) is 16.7 Å². The molecule has 1 unspecified atom stereocenters. The lowest BCUT2D eigenvalue weighted by atomic mass is 9.95. The van der Waals surface area contributed by atoms with Crippen LogP contribution in [0.3, 0.4) is 0 Å². The number of likely N-dealkylation sites (N-methyl/N-ethyl adjacent to an activating group) is 1. The number of piperazine rings is 1. The molecule has 2 saturated heterocycles. The molecule has 12 heteroatoms. The third-order valence-electron chi connectivity index (χ3n) is 7.74. The Labute approximate surface area is 218 Å². The second kappa shape index (κ2) is 9.22. The summed E-state index contributed by atoms with van der Waals surface area (Å²) >= 11 is 0. The van der Waals surface area contributed by atoms with Crippen molar-refractivity contribution in [2.75, 3.05) is 51.3 Å². The minimum Gasteiger partial charge on any atom is -0.494 e. The Bertz CT molecular complexity index is 1420. The summed E-state index contributed by atoms with van der Waals surface area (Å²) in [5.74, 6) is -0.281. The molecular formula is C26H29FN6O5. The smallest absolute Gasteiger partial charge is 0.322 e. The molecule has 3 N–H and O–H groups in total. The highest BCUT2D eigenvalue weighted by Gasteiger charge is 2.53. The second-order valence-corrected chi connectivity index (χ2v) is 9.83. The van der Waals surface area contributed by atoms with Crippen molar-refractivity contribution in [3.8, 4) is 5.75 Å². The van der Waals surface area contributed by atoms with Gasteiger partial charge in [-0.15, -0.1) is 0 Å². The van der Waals surface area contributed by atoms with Crippen LogP contribution in [0, 0.1) is 5.82 Å². The maximum Gasteiger partial charge on any atom is 0.322 e. The molecule has 2 atom stereocenters. The number of aliphatic hydroxyl groups is 1. The lowest BCUT2D eigenvalue weighted by molar-refractivity contribution is -0.127. The highest BCUT2D eigenvalue weighted by atomic mass is 19.1. The van der Waals surface area contributed by atoms with E-state index in [2.05, 4.69) is 27.4 Å². The summed E-state index contributed by atoms with van der Waals surface area (Å²) in [4.78, 5) is 36.4. The first-order valence-electron chi connectivity index (χ1n) is 12.6. The SMILES string of the molecule is CCN1CCN(c2ccc3oc([C@]4(CN5Cc6ccc(OC)c(F)c6C5O)NC(=O)NC4=O)cc3n2)CC1. The highest BCUT2D eigenvalue weighted by molar-refractivity contribution is 6.07. The van der Waals surface area contributed by atoms with Gasteiger partial charge >= 0.3 is 6.03 Å². The van der Waals surface area contributed by atoms with Crippen LogP contribution in [0.1, 0.15) is 30.0 Å². The van der Waals surface area contributed by atoms with Gasteiger partial charge < -0.3 is 29.4 Å². The number of nitrogens with one attached hydrogen (secondary N) is 2. The maximum atomic E-state index is 14.9. The lowest BCUT2D eigenvalue weighted by Gasteiger charge is -2.34. The van der Waals surface area contributed by atoms with E-state index >= 15 is 0 Å². The van der Waals surface area contributed by atoms with Crippen LogP contribution in [-0.2, 0) is 16.9 Å². The fraction of sp³-hybridized carbons (Fsp3) is 0.423. The average molecular weight is 525 g/mol. The number of aromatic nitrogens is 1. The molecule has 0 aliphatic carbocycles. The van der Waals surface area contributed by atoms with E-state index in [0.717, 1.165) is 38.5 Å². The van der Waals surface area contributed by atoms with Crippen molar-refractivity contribution >= 4 is 28.9 Å². The van der Waals surface area contributed by atoms with Crippen LogP contribution in [0.25, 0.3) is 11.1 Å². The van der Waals surface area contributed by atoms with E-state index in [4.69, 9.17) is 14.1 Å². The van der Waals surface area contributed by atoms with E-state index in [-0.39, 0.29) is 30.2 Å². The number of halogens is 1. The van der Waals surface area contributed by atoms with Crippen molar-refractivity contribution in [2.45, 2.75) is 25.2 Å². The first-order valence-corrected chi connectivity index (χ1v) is 12.6. The molecule has 0 radical (unpaired) electrons. The van der Waals surface area contributed by atoms with Gasteiger partial charge in [-0.3, -0.25) is 15.0 Å². The van der Waals surface area contributed by atoms with Crippen molar-refractivity contribution in [1.82, 2.24) is 25.4 Å². The molecule has 3 amide bonds. The standard InChI is InChI=1S/C26H29FN6O5/c1-3-31-8-10-32(11-9-31)20-7-6-17-16(28-20)12-19(38-17)26(24(35)29-25(36)30-26)14-33-13-15-4-5-18(37-2)22(27)21(15)23(33)34/h4-7,12,23,34H,3,8-11,13-14H2,1-2H3,(H2,29,30,35,36)/t23?,26-/m0/s1. The number of methoxy groups -OCH3 is 1. The molecule has 2 fully saturated rings. The van der Waals surface area contributed by atoms with Crippen molar-refractivity contribution in [3.05, 3.63) is 53.0 Å². The molecule has 1 aromatic carbocycles. The van der Waals surface area contributed by atoms with Gasteiger partial charge in [-0.2, -0.15) is 0 Å². The number of carbonyl (C=O) groups is 2. The number of benzene rings is 1. The van der Waals surface area contributed by atoms with Gasteiger partial charge in [0.1, 0.15) is 23.3 Å². The molecule has 2 aromatic heterocycles. The van der Waals surface area contributed by atoms with Gasteiger partial charge in [0.05, 0.1) is 7.11 Å². The molecule has 3 aliphatic rings. The molecular weight excluding hydrogens is 495 g/mol. The Kier molecular flexibility index (Phi) is 5.97. The summed E-state index contributed by atoms with van der Waals surface area (Å²) in [7, 11) is 1.35. The van der Waals surface area contributed by atoms with Crippen LogP contribution in [0.5, 0.6) is 5.75 Å². The lowest BCUT2D eigenvalue weighted by Crippen LogP contribution is -2.52. The molecule has 0 spiro atoms. The third-order valence-corrected chi connectivity index (χ3v) is 7.74. The predicted molar refractivity (Wildman–Crippen MR) is 135 cm³/mol. The van der Waals surface area contributed by atoms with Crippen LogP contribution in [-0.4, -0.2) is 78.2 Å². The Hall–Kier alpha value is -3.74. The first-order chi connectivity index (χ1) is 18.3. The van der Waals surface area contributed by atoms with Crippen LogP contribution in [0.2, 0.25) is 0 Å². The second-order valence-electron chi connectivity index (χ2n) is 9.83. The molecule has 0 bridgehead atoms. The molecule has 11 nitrogen and oxygen atoms in total. The van der Waals surface area contributed by atoms with Gasteiger partial charge in [-0.05, 0) is 30.3 Å². The van der Waals surface area contributed by atoms with E-state index in [9.17, 15) is 19.1 Å². The normalized spacial score (nSPS) is 24.1. The zero-order valence-corrected chi connectivity index (χ0v) is 21.2. The minimum absolute atomic E-state index is 0.0153. The molecule has 38 heavy (non-hydrogen) atoms. The van der Waals surface area contributed by atoms with Gasteiger partial charge in [0.15, 0.2) is 22.7 Å². The Balaban J connectivity index is 1.32. The molecule has 6 rings (SSSR count). The summed E-state index contributed by atoms with van der Waals surface area (Å²) in [6.45, 7) is 6.78. The number of rotatable bonds is 6. The monoisotopic (exact) mass is 524 g/mol. The third kappa shape index (κ3) is 3.87. The topological polar surface area (TPSA) is 123 Å². The number of fused-ring (bicyclic) bond motifs is 2. The van der Waals surface area contributed by atoms with Gasteiger partial charge in [-0.25, -0.2) is 14.2 Å². The zero-order valence-electron chi connectivity index (χ0n) is 21.2. The number of anilines is 1. The summed E-state index contributed by atoms with van der Waals surface area (Å²) in [5, 5.41) is 16.0. The Morgan fingerprint density at radius 1 is 1.21 bits per heavy atom. The number of imide groups is 1. The van der Waals surface area contributed by atoms with Crippen LogP contribution in [0.4, 0.5) is 15.0 Å². The Morgan fingerprint density at radius 2 is 2.00 bits per heavy atom. The number of amides is 3. The maximum absolute atomic E-state index is 14.9. The molecule has 0 saturated carbocycles. The van der Waals surface area contributed by atoms with Gasteiger partial charge in [0.2, 0.25) is 0 Å². The molecule has 3 aliphatic heterocycles. The number of urea groups is 1. The molecule has 200 valence electrons. The highest BCUT2D eigenvalue weighted by Crippen LogP contribution is 2.40. The number of pyridine rings is 1. The van der Waals surface area contributed by atoms with E-state index in [1.54, 1.807) is 18.2 Å². The number of hydrogen-bond donors (Lipinski definition) is 3. The van der Waals surface area contributed by atoms with E-state index < -0.39 is 29.5 Å². The number of furan rings is 1. The van der Waals surface area contributed by atoms with Gasteiger partial charge in [0, 0.05) is 50.9 Å². The quantitative estimate of drug-likeness (QED) is 0.413. The van der Waals surface area contributed by atoms with E-state index in [1.807, 2.05) is 6.07 Å². The Morgan fingerprint density at radius 3 is 2.68 bits per heavy atom. The average Bonchev–Trinajstić information content (AvgIpc) is 3.57. The number of hydrogen-bond acceptors (Lipinski definition) is 9. The molecule has 5 heterocycles. The van der Waals surface area contributed by atoms with E-state index in [1.165, 1.54) is 18.1 Å². The number of ether oxygens (including phenoxy) is 1. The summed E-state index contributed by atoms with van der Waals surface area (Å²) in [6.07, 6.45) is -1.35. The van der Waals surface area contributed by atoms with Crippen molar-refractivity contribution in [1.29, 1.82) is 0 Å². The summed E-state index contributed by atoms with van der Waals surface area (Å²) in [6, 6.07) is 7.82. The summed E-state index contributed by atoms with van der Waals surface area (Å²) in [5.41, 5.74) is 0.0158. The fourth-order valence-electron chi connectivity index (χ4n) is 5.57. The van der Waals surface area contributed by atoms with Crippen LogP contribution < -0.4 is 20.3 Å². The molecule has 3 aromatic rings. The van der Waals surface area contributed by atoms with Crippen molar-refractivity contribution in [3.63, 3.8) is 0 Å². The van der Waals surface area contributed by atoms with Gasteiger partial charge in [-0.1, -0.05) is 13.0 Å². The predicted octanol–water partition coefficient (Wildman–Crippen LogP) is 1.66. The van der Waals surface area contributed by atoms with Crippen LogP contribution in [0.15, 0.2) is 34.7 Å². The number of carbonyl (C=O) groups excluding carboxylic acids is 2. The summed E-state index contributed by atoms with van der Waals surface area (Å²) < 4.78 is 26.1. The fourth-order valence-corrected chi connectivity index (χ4v) is 5.57. The van der Waals surface area contributed by atoms with Crippen LogP contribution >= 0.6 is 0 Å². The van der Waals surface area contributed by atoms with Crippen molar-refractivity contribution < 1.29 is 28.2 Å². The zero-order chi connectivity index (χ0) is 26.6. The van der Waals surface area contributed by atoms with Crippen molar-refractivity contribution in [2.24, 2.45) is 0 Å². The van der Waals surface area contributed by atoms with Gasteiger partial charge in [0.25, 0.3) is 5.91 Å². The number of nitrogens with zero attached hydrogens (tertiary/aromatic N) is 4. The minimum atomic E-state index is -1.64. The number of aliphatic hydroxyl groups excluding tert-OH is 1.